The Morgan fingerprint density at radius 3 is 3.06 bits per heavy atom. The third kappa shape index (κ3) is 2.41. The van der Waals surface area contributed by atoms with Gasteiger partial charge < -0.3 is 5.32 Å². The second kappa shape index (κ2) is 4.52. The van der Waals surface area contributed by atoms with Gasteiger partial charge in [0, 0.05) is 5.69 Å². The molecule has 16 heavy (non-hydrogen) atoms. The Kier molecular flexibility index (Phi) is 2.90. The molecule has 2 heterocycles. The molecule has 0 aromatic carbocycles. The SMILES string of the molecule is Cc1cccc(CNC(=O)c2ncn[nH]2)n1. The lowest BCUT2D eigenvalue weighted by Crippen LogP contribution is -2.24. The quantitative estimate of drug-likeness (QED) is 0.781. The van der Waals surface area contributed by atoms with Gasteiger partial charge in [0.05, 0.1) is 12.2 Å². The summed E-state index contributed by atoms with van der Waals surface area (Å²) in [6.45, 7) is 2.28. The standard InChI is InChI=1S/C10H11N5O/c1-7-3-2-4-8(14-7)5-11-10(16)9-12-6-13-15-9/h2-4,6H,5H2,1H3,(H,11,16)(H,12,13,15). The van der Waals surface area contributed by atoms with Crippen molar-refractivity contribution in [2.24, 2.45) is 0 Å². The zero-order valence-electron chi connectivity index (χ0n) is 8.77. The van der Waals surface area contributed by atoms with Crippen molar-refractivity contribution < 1.29 is 4.79 Å². The Balaban J connectivity index is 1.95. The van der Waals surface area contributed by atoms with Gasteiger partial charge in [0.15, 0.2) is 0 Å². The van der Waals surface area contributed by atoms with Crippen molar-refractivity contribution in [1.29, 1.82) is 0 Å². The summed E-state index contributed by atoms with van der Waals surface area (Å²) >= 11 is 0. The molecule has 1 amide bonds. The van der Waals surface area contributed by atoms with Crippen LogP contribution >= 0.6 is 0 Å². The molecular formula is C10H11N5O. The lowest BCUT2D eigenvalue weighted by atomic mass is 10.3. The number of nitrogens with zero attached hydrogens (tertiary/aromatic N) is 3. The molecule has 0 aliphatic heterocycles. The highest BCUT2D eigenvalue weighted by molar-refractivity contribution is 5.90. The third-order valence-electron chi connectivity index (χ3n) is 2.01. The number of rotatable bonds is 3. The minimum atomic E-state index is -0.291. The molecule has 0 bridgehead atoms. The first-order valence-corrected chi connectivity index (χ1v) is 4.82. The van der Waals surface area contributed by atoms with Crippen LogP contribution in [-0.2, 0) is 6.54 Å². The predicted octanol–water partition coefficient (Wildman–Crippen LogP) is 0.438. The molecule has 2 rings (SSSR count). The molecular weight excluding hydrogens is 206 g/mol. The molecule has 0 radical (unpaired) electrons. The number of aromatic nitrogens is 4. The minimum Gasteiger partial charge on any atom is -0.344 e. The Morgan fingerprint density at radius 1 is 1.50 bits per heavy atom. The van der Waals surface area contributed by atoms with E-state index in [0.717, 1.165) is 11.4 Å². The molecule has 0 aliphatic carbocycles. The van der Waals surface area contributed by atoms with Crippen LogP contribution in [0, 0.1) is 6.92 Å². The molecule has 0 saturated heterocycles. The molecule has 6 heteroatoms. The lowest BCUT2D eigenvalue weighted by Gasteiger charge is -2.02. The van der Waals surface area contributed by atoms with Gasteiger partial charge in [-0.25, -0.2) is 4.98 Å². The van der Waals surface area contributed by atoms with Gasteiger partial charge in [-0.3, -0.25) is 14.9 Å². The first-order valence-electron chi connectivity index (χ1n) is 4.82. The average Bonchev–Trinajstić information content (AvgIpc) is 2.79. The minimum absolute atomic E-state index is 0.202. The fourth-order valence-electron chi connectivity index (χ4n) is 1.27. The van der Waals surface area contributed by atoms with Crippen LogP contribution in [0.4, 0.5) is 0 Å². The van der Waals surface area contributed by atoms with Crippen molar-refractivity contribution in [3.63, 3.8) is 0 Å². The monoisotopic (exact) mass is 217 g/mol. The van der Waals surface area contributed by atoms with Crippen molar-refractivity contribution in [3.8, 4) is 0 Å². The van der Waals surface area contributed by atoms with Gasteiger partial charge in [0.2, 0.25) is 5.82 Å². The van der Waals surface area contributed by atoms with E-state index in [4.69, 9.17) is 0 Å². The number of amides is 1. The molecule has 0 spiro atoms. The van der Waals surface area contributed by atoms with E-state index in [1.54, 1.807) is 0 Å². The van der Waals surface area contributed by atoms with Crippen LogP contribution < -0.4 is 5.32 Å². The van der Waals surface area contributed by atoms with Crippen molar-refractivity contribution in [2.45, 2.75) is 13.5 Å². The van der Waals surface area contributed by atoms with E-state index >= 15 is 0 Å². The van der Waals surface area contributed by atoms with Gasteiger partial charge in [-0.1, -0.05) is 6.07 Å². The number of carbonyl (C=O) groups excluding carboxylic acids is 1. The highest BCUT2D eigenvalue weighted by Crippen LogP contribution is 1.97. The van der Waals surface area contributed by atoms with Crippen molar-refractivity contribution in [3.05, 3.63) is 41.7 Å². The third-order valence-corrected chi connectivity index (χ3v) is 2.01. The average molecular weight is 217 g/mol. The molecule has 2 aromatic heterocycles. The Labute approximate surface area is 92.1 Å². The van der Waals surface area contributed by atoms with Crippen LogP contribution in [0.25, 0.3) is 0 Å². The van der Waals surface area contributed by atoms with Gasteiger partial charge >= 0.3 is 0 Å². The first-order chi connectivity index (χ1) is 7.75. The summed E-state index contributed by atoms with van der Waals surface area (Å²) < 4.78 is 0. The van der Waals surface area contributed by atoms with Crippen LogP contribution in [-0.4, -0.2) is 26.1 Å². The molecule has 0 aliphatic rings. The topological polar surface area (TPSA) is 83.6 Å². The summed E-state index contributed by atoms with van der Waals surface area (Å²) in [5.74, 6) is -0.0894. The summed E-state index contributed by atoms with van der Waals surface area (Å²) in [5, 5.41) is 8.78. The van der Waals surface area contributed by atoms with E-state index in [-0.39, 0.29) is 11.7 Å². The number of hydrogen-bond acceptors (Lipinski definition) is 4. The number of carbonyl (C=O) groups is 1. The zero-order chi connectivity index (χ0) is 11.4. The van der Waals surface area contributed by atoms with Crippen molar-refractivity contribution in [2.75, 3.05) is 0 Å². The van der Waals surface area contributed by atoms with E-state index in [1.165, 1.54) is 6.33 Å². The highest BCUT2D eigenvalue weighted by Gasteiger charge is 2.07. The van der Waals surface area contributed by atoms with Crippen LogP contribution in [0.2, 0.25) is 0 Å². The molecule has 82 valence electrons. The molecule has 2 aromatic rings. The maximum Gasteiger partial charge on any atom is 0.288 e. The van der Waals surface area contributed by atoms with Gasteiger partial charge in [-0.15, -0.1) is 0 Å². The number of pyridine rings is 1. The van der Waals surface area contributed by atoms with Crippen LogP contribution in [0.15, 0.2) is 24.5 Å². The van der Waals surface area contributed by atoms with Gasteiger partial charge in [-0.05, 0) is 19.1 Å². The van der Waals surface area contributed by atoms with Gasteiger partial charge in [0.25, 0.3) is 5.91 Å². The van der Waals surface area contributed by atoms with E-state index in [9.17, 15) is 4.79 Å². The second-order valence-electron chi connectivity index (χ2n) is 3.29. The second-order valence-corrected chi connectivity index (χ2v) is 3.29. The summed E-state index contributed by atoms with van der Waals surface area (Å²) in [4.78, 5) is 19.5. The maximum atomic E-state index is 11.5. The van der Waals surface area contributed by atoms with Gasteiger partial charge in [-0.2, -0.15) is 5.10 Å². The zero-order valence-corrected chi connectivity index (χ0v) is 8.77. The maximum absolute atomic E-state index is 11.5. The summed E-state index contributed by atoms with van der Waals surface area (Å²) in [6, 6.07) is 5.66. The Bertz CT molecular complexity index is 480. The van der Waals surface area contributed by atoms with E-state index < -0.39 is 0 Å². The Hall–Kier alpha value is -2.24. The first kappa shape index (κ1) is 10.3. The molecule has 0 atom stereocenters. The molecule has 0 saturated carbocycles. The predicted molar refractivity (Wildman–Crippen MR) is 56.5 cm³/mol. The number of H-pyrrole nitrogens is 1. The highest BCUT2D eigenvalue weighted by atomic mass is 16.2. The van der Waals surface area contributed by atoms with Crippen molar-refractivity contribution in [1.82, 2.24) is 25.5 Å². The Morgan fingerprint density at radius 2 is 2.38 bits per heavy atom. The number of aromatic amines is 1. The summed E-state index contributed by atoms with van der Waals surface area (Å²) in [5.41, 5.74) is 1.74. The largest absolute Gasteiger partial charge is 0.344 e. The fraction of sp³-hybridized carbons (Fsp3) is 0.200. The number of aryl methyl sites for hydroxylation is 1. The normalized spacial score (nSPS) is 10.1. The van der Waals surface area contributed by atoms with Gasteiger partial charge in [0.1, 0.15) is 6.33 Å². The van der Waals surface area contributed by atoms with E-state index in [2.05, 4.69) is 25.5 Å². The van der Waals surface area contributed by atoms with E-state index in [0.29, 0.717) is 6.54 Å². The molecule has 0 unspecified atom stereocenters. The van der Waals surface area contributed by atoms with Crippen LogP contribution in [0.1, 0.15) is 22.0 Å². The number of hydrogen-bond donors (Lipinski definition) is 2. The number of nitrogens with one attached hydrogen (secondary N) is 2. The smallest absolute Gasteiger partial charge is 0.288 e. The summed E-state index contributed by atoms with van der Waals surface area (Å²) in [7, 11) is 0. The molecule has 0 fully saturated rings. The summed E-state index contributed by atoms with van der Waals surface area (Å²) in [6.07, 6.45) is 1.29. The molecule has 6 nitrogen and oxygen atoms in total. The van der Waals surface area contributed by atoms with E-state index in [1.807, 2.05) is 25.1 Å². The van der Waals surface area contributed by atoms with Crippen molar-refractivity contribution >= 4 is 5.91 Å². The molecule has 2 N–H and O–H groups in total. The van der Waals surface area contributed by atoms with Crippen LogP contribution in [0.5, 0.6) is 0 Å². The van der Waals surface area contributed by atoms with Crippen LogP contribution in [0.3, 0.4) is 0 Å². The lowest BCUT2D eigenvalue weighted by molar-refractivity contribution is 0.0940. The fourth-order valence-corrected chi connectivity index (χ4v) is 1.27.